The number of carbonyl (C=O) groups excluding carboxylic acids is 1. The van der Waals surface area contributed by atoms with E-state index in [0.717, 1.165) is 16.7 Å². The van der Waals surface area contributed by atoms with E-state index in [0.29, 0.717) is 13.0 Å². The van der Waals surface area contributed by atoms with Crippen molar-refractivity contribution >= 4 is 5.97 Å². The number of methoxy groups -OCH3 is 1. The summed E-state index contributed by atoms with van der Waals surface area (Å²) in [5.41, 5.74) is 1.64. The van der Waals surface area contributed by atoms with Gasteiger partial charge in [0.05, 0.1) is 19.8 Å². The predicted molar refractivity (Wildman–Crippen MR) is 141 cm³/mol. The molecule has 1 aliphatic carbocycles. The van der Waals surface area contributed by atoms with Crippen LogP contribution in [0, 0.1) is 5.92 Å². The first-order valence-corrected chi connectivity index (χ1v) is 12.3. The highest BCUT2D eigenvalue weighted by Crippen LogP contribution is 2.41. The van der Waals surface area contributed by atoms with E-state index in [9.17, 15) is 9.59 Å². The number of allylic oxidation sites excluding steroid dienone is 1. The Morgan fingerprint density at radius 2 is 1.43 bits per heavy atom. The first kappa shape index (κ1) is 24.4. The smallest absolute Gasteiger partial charge is 0.362 e. The zero-order chi connectivity index (χ0) is 25.7. The van der Waals surface area contributed by atoms with E-state index >= 15 is 0 Å². The van der Waals surface area contributed by atoms with Crippen LogP contribution in [0.5, 0.6) is 0 Å². The SMILES string of the molecule is COC(=O)c1nccn(C2C=CC(COC(c3ccccc3)(c3ccccc3)c3ccccc3)C2)c1=O. The highest BCUT2D eigenvalue weighted by Gasteiger charge is 2.38. The van der Waals surface area contributed by atoms with E-state index in [-0.39, 0.29) is 17.7 Å². The second kappa shape index (κ2) is 10.8. The molecule has 3 aromatic carbocycles. The van der Waals surface area contributed by atoms with Gasteiger partial charge in [0, 0.05) is 18.3 Å². The molecule has 2 unspecified atom stereocenters. The molecular weight excluding hydrogens is 464 g/mol. The Kier molecular flexibility index (Phi) is 7.10. The van der Waals surface area contributed by atoms with Gasteiger partial charge in [0.2, 0.25) is 5.69 Å². The van der Waals surface area contributed by atoms with Gasteiger partial charge in [-0.25, -0.2) is 9.78 Å². The van der Waals surface area contributed by atoms with Gasteiger partial charge >= 0.3 is 5.97 Å². The summed E-state index contributed by atoms with van der Waals surface area (Å²) in [6.07, 6.45) is 7.80. The summed E-state index contributed by atoms with van der Waals surface area (Å²) in [7, 11) is 1.24. The second-order valence-electron chi connectivity index (χ2n) is 9.02. The Balaban J connectivity index is 1.45. The van der Waals surface area contributed by atoms with E-state index in [1.807, 2.05) is 60.7 Å². The van der Waals surface area contributed by atoms with Crippen molar-refractivity contribution in [3.63, 3.8) is 0 Å². The minimum absolute atomic E-state index is 0.0714. The molecule has 1 heterocycles. The molecule has 0 saturated heterocycles. The maximum atomic E-state index is 12.9. The maximum Gasteiger partial charge on any atom is 0.362 e. The summed E-state index contributed by atoms with van der Waals surface area (Å²) < 4.78 is 13.2. The summed E-state index contributed by atoms with van der Waals surface area (Å²) in [6, 6.07) is 30.5. The number of nitrogens with zero attached hydrogens (tertiary/aromatic N) is 2. The average Bonchev–Trinajstić information content (AvgIpc) is 3.44. The fraction of sp³-hybridized carbons (Fsp3) is 0.194. The maximum absolute atomic E-state index is 12.9. The molecule has 186 valence electrons. The number of esters is 1. The molecule has 0 aliphatic heterocycles. The molecule has 0 fully saturated rings. The summed E-state index contributed by atoms with van der Waals surface area (Å²) >= 11 is 0. The molecule has 0 bridgehead atoms. The molecule has 0 amide bonds. The Morgan fingerprint density at radius 3 is 1.95 bits per heavy atom. The van der Waals surface area contributed by atoms with Crippen LogP contribution in [0.4, 0.5) is 0 Å². The Bertz CT molecular complexity index is 1340. The van der Waals surface area contributed by atoms with Gasteiger partial charge in [0.15, 0.2) is 0 Å². The lowest BCUT2D eigenvalue weighted by Gasteiger charge is -2.36. The monoisotopic (exact) mass is 492 g/mol. The van der Waals surface area contributed by atoms with Crippen molar-refractivity contribution in [3.8, 4) is 0 Å². The topological polar surface area (TPSA) is 70.4 Å². The molecule has 0 radical (unpaired) electrons. The molecule has 1 aliphatic rings. The third-order valence-electron chi connectivity index (χ3n) is 6.81. The van der Waals surface area contributed by atoms with Crippen LogP contribution < -0.4 is 5.56 Å². The quantitative estimate of drug-likeness (QED) is 0.193. The minimum Gasteiger partial charge on any atom is -0.464 e. The number of hydrogen-bond acceptors (Lipinski definition) is 5. The van der Waals surface area contributed by atoms with Gasteiger partial charge in [0.1, 0.15) is 5.60 Å². The van der Waals surface area contributed by atoms with E-state index in [1.165, 1.54) is 17.9 Å². The largest absolute Gasteiger partial charge is 0.464 e. The number of aromatic nitrogens is 2. The Labute approximate surface area is 215 Å². The van der Waals surface area contributed by atoms with Crippen molar-refractivity contribution in [2.24, 2.45) is 5.92 Å². The van der Waals surface area contributed by atoms with Gasteiger partial charge in [-0.15, -0.1) is 0 Å². The highest BCUT2D eigenvalue weighted by molar-refractivity contribution is 5.86. The lowest BCUT2D eigenvalue weighted by molar-refractivity contribution is -0.00166. The van der Waals surface area contributed by atoms with Crippen molar-refractivity contribution in [3.05, 3.63) is 148 Å². The number of carbonyl (C=O) groups is 1. The molecular formula is C31H28N2O4. The lowest BCUT2D eigenvalue weighted by atomic mass is 9.80. The van der Waals surface area contributed by atoms with Gasteiger partial charge in [-0.2, -0.15) is 0 Å². The minimum atomic E-state index is -0.804. The standard InChI is InChI=1S/C31H28N2O4/c1-36-30(35)28-29(34)33(20-19-32-28)27-18-17-23(21-27)22-37-31(24-11-5-2-6-12-24,25-13-7-3-8-14-25)26-15-9-4-10-16-26/h2-20,23,27H,21-22H2,1H3. The number of hydrogen-bond donors (Lipinski definition) is 0. The third-order valence-corrected chi connectivity index (χ3v) is 6.81. The predicted octanol–water partition coefficient (Wildman–Crippen LogP) is 5.16. The zero-order valence-corrected chi connectivity index (χ0v) is 20.6. The molecule has 0 saturated carbocycles. The van der Waals surface area contributed by atoms with Crippen LogP contribution in [-0.2, 0) is 15.1 Å². The lowest BCUT2D eigenvalue weighted by Crippen LogP contribution is -2.34. The van der Waals surface area contributed by atoms with Crippen molar-refractivity contribution in [1.29, 1.82) is 0 Å². The molecule has 1 aromatic heterocycles. The molecule has 6 heteroatoms. The van der Waals surface area contributed by atoms with Crippen molar-refractivity contribution in [1.82, 2.24) is 9.55 Å². The molecule has 4 aromatic rings. The van der Waals surface area contributed by atoms with E-state index in [1.54, 1.807) is 6.20 Å². The van der Waals surface area contributed by atoms with Crippen LogP contribution >= 0.6 is 0 Å². The van der Waals surface area contributed by atoms with Crippen molar-refractivity contribution < 1.29 is 14.3 Å². The molecule has 37 heavy (non-hydrogen) atoms. The van der Waals surface area contributed by atoms with Gasteiger partial charge < -0.3 is 14.0 Å². The zero-order valence-electron chi connectivity index (χ0n) is 20.6. The van der Waals surface area contributed by atoms with Crippen LogP contribution in [-0.4, -0.2) is 29.2 Å². The van der Waals surface area contributed by atoms with Gasteiger partial charge in [-0.05, 0) is 23.1 Å². The first-order chi connectivity index (χ1) is 18.1. The summed E-state index contributed by atoms with van der Waals surface area (Å²) in [6.45, 7) is 0.440. The third kappa shape index (κ3) is 4.76. The number of rotatable bonds is 8. The summed E-state index contributed by atoms with van der Waals surface area (Å²) in [5.74, 6) is -0.665. The van der Waals surface area contributed by atoms with E-state index in [4.69, 9.17) is 9.47 Å². The number of ether oxygens (including phenoxy) is 2. The van der Waals surface area contributed by atoms with Crippen LogP contribution in [0.15, 0.2) is 120 Å². The summed E-state index contributed by atoms with van der Waals surface area (Å²) in [5, 5.41) is 0. The van der Waals surface area contributed by atoms with Crippen LogP contribution in [0.2, 0.25) is 0 Å². The molecule has 2 atom stereocenters. The Morgan fingerprint density at radius 1 is 0.892 bits per heavy atom. The van der Waals surface area contributed by atoms with Crippen LogP contribution in [0.1, 0.15) is 39.6 Å². The molecule has 0 N–H and O–H groups in total. The van der Waals surface area contributed by atoms with Gasteiger partial charge in [-0.1, -0.05) is 103 Å². The van der Waals surface area contributed by atoms with E-state index < -0.39 is 17.1 Å². The fourth-order valence-electron chi connectivity index (χ4n) is 5.01. The molecule has 6 nitrogen and oxygen atoms in total. The van der Waals surface area contributed by atoms with Crippen molar-refractivity contribution in [2.75, 3.05) is 13.7 Å². The Hall–Kier alpha value is -4.29. The van der Waals surface area contributed by atoms with Crippen LogP contribution in [0.3, 0.4) is 0 Å². The molecule has 0 spiro atoms. The van der Waals surface area contributed by atoms with Crippen LogP contribution in [0.25, 0.3) is 0 Å². The average molecular weight is 493 g/mol. The van der Waals surface area contributed by atoms with Gasteiger partial charge in [0.25, 0.3) is 5.56 Å². The summed E-state index contributed by atoms with van der Waals surface area (Å²) in [4.78, 5) is 28.7. The highest BCUT2D eigenvalue weighted by atomic mass is 16.5. The fourth-order valence-corrected chi connectivity index (χ4v) is 5.01. The first-order valence-electron chi connectivity index (χ1n) is 12.3. The van der Waals surface area contributed by atoms with Crippen molar-refractivity contribution in [2.45, 2.75) is 18.1 Å². The number of benzene rings is 3. The van der Waals surface area contributed by atoms with Gasteiger partial charge in [-0.3, -0.25) is 4.79 Å². The van der Waals surface area contributed by atoms with E-state index in [2.05, 4.69) is 47.5 Å². The normalized spacial score (nSPS) is 17.0. The second-order valence-corrected chi connectivity index (χ2v) is 9.02. The molecule has 5 rings (SSSR count).